The second-order valence-electron chi connectivity index (χ2n) is 2.73. The molecule has 0 aromatic carbocycles. The summed E-state index contributed by atoms with van der Waals surface area (Å²) in [6.07, 6.45) is -3.85. The van der Waals surface area contributed by atoms with Gasteiger partial charge in [-0.05, 0) is 6.07 Å². The van der Waals surface area contributed by atoms with Gasteiger partial charge in [0.25, 0.3) is 0 Å². The third-order valence-corrected chi connectivity index (χ3v) is 1.64. The number of hydrogen-bond donors (Lipinski definition) is 1. The molecule has 0 saturated carbocycles. The van der Waals surface area contributed by atoms with Gasteiger partial charge in [0.05, 0.1) is 0 Å². The molecule has 0 radical (unpaired) electrons. The van der Waals surface area contributed by atoms with Crippen LogP contribution in [-0.4, -0.2) is 20.1 Å². The second-order valence-corrected chi connectivity index (χ2v) is 2.73. The van der Waals surface area contributed by atoms with Crippen molar-refractivity contribution in [2.45, 2.75) is 6.18 Å². The van der Waals surface area contributed by atoms with Crippen LogP contribution < -0.4 is 5.76 Å². The monoisotopic (exact) mass is 232 g/mol. The SMILES string of the molecule is O=c1[nH]c(-c2cc(C(F)(F)F)ncn2)no1. The average molecular weight is 232 g/mol. The summed E-state index contributed by atoms with van der Waals surface area (Å²) in [6.45, 7) is 0. The topological polar surface area (TPSA) is 84.7 Å². The van der Waals surface area contributed by atoms with Crippen LogP contribution in [-0.2, 0) is 6.18 Å². The van der Waals surface area contributed by atoms with Gasteiger partial charge in [0.15, 0.2) is 0 Å². The number of rotatable bonds is 1. The molecule has 0 atom stereocenters. The molecule has 9 heteroatoms. The molecule has 0 saturated heterocycles. The van der Waals surface area contributed by atoms with Crippen molar-refractivity contribution >= 4 is 0 Å². The van der Waals surface area contributed by atoms with Crippen LogP contribution in [0.1, 0.15) is 5.69 Å². The fourth-order valence-corrected chi connectivity index (χ4v) is 0.982. The molecular formula is C7H3F3N4O2. The zero-order valence-corrected chi connectivity index (χ0v) is 7.45. The third kappa shape index (κ3) is 1.92. The minimum Gasteiger partial charge on any atom is -0.296 e. The van der Waals surface area contributed by atoms with Gasteiger partial charge < -0.3 is 0 Å². The van der Waals surface area contributed by atoms with Crippen molar-refractivity contribution in [1.29, 1.82) is 0 Å². The first-order valence-corrected chi connectivity index (χ1v) is 3.92. The van der Waals surface area contributed by atoms with Crippen LogP contribution >= 0.6 is 0 Å². The van der Waals surface area contributed by atoms with E-state index in [1.165, 1.54) is 0 Å². The molecule has 0 bridgehead atoms. The van der Waals surface area contributed by atoms with Gasteiger partial charge >= 0.3 is 11.9 Å². The van der Waals surface area contributed by atoms with Gasteiger partial charge in [0.2, 0.25) is 5.82 Å². The number of nitrogens with one attached hydrogen (secondary N) is 1. The number of halogens is 3. The lowest BCUT2D eigenvalue weighted by Gasteiger charge is -2.04. The highest BCUT2D eigenvalue weighted by Gasteiger charge is 2.33. The van der Waals surface area contributed by atoms with E-state index in [1.807, 2.05) is 0 Å². The highest BCUT2D eigenvalue weighted by Crippen LogP contribution is 2.28. The van der Waals surface area contributed by atoms with Crippen molar-refractivity contribution in [2.24, 2.45) is 0 Å². The molecule has 0 spiro atoms. The summed E-state index contributed by atoms with van der Waals surface area (Å²) in [6, 6.07) is 0.661. The Morgan fingerprint density at radius 1 is 1.31 bits per heavy atom. The molecule has 2 aromatic rings. The summed E-state index contributed by atoms with van der Waals surface area (Å²) in [7, 11) is 0. The first-order valence-electron chi connectivity index (χ1n) is 3.92. The summed E-state index contributed by atoms with van der Waals surface area (Å²) < 4.78 is 41.0. The van der Waals surface area contributed by atoms with Crippen molar-refractivity contribution in [1.82, 2.24) is 20.1 Å². The zero-order valence-electron chi connectivity index (χ0n) is 7.45. The van der Waals surface area contributed by atoms with Gasteiger partial charge in [-0.15, -0.1) is 0 Å². The maximum absolute atomic E-state index is 12.3. The van der Waals surface area contributed by atoms with Crippen molar-refractivity contribution in [2.75, 3.05) is 0 Å². The van der Waals surface area contributed by atoms with Gasteiger partial charge in [-0.2, -0.15) is 13.2 Å². The highest BCUT2D eigenvalue weighted by molar-refractivity contribution is 5.47. The number of aromatic nitrogens is 4. The molecular weight excluding hydrogens is 229 g/mol. The summed E-state index contributed by atoms with van der Waals surface area (Å²) in [4.78, 5) is 19.3. The van der Waals surface area contributed by atoms with E-state index in [9.17, 15) is 18.0 Å². The first-order chi connectivity index (χ1) is 7.47. The highest BCUT2D eigenvalue weighted by atomic mass is 19.4. The van der Waals surface area contributed by atoms with Crippen LogP contribution in [0.3, 0.4) is 0 Å². The van der Waals surface area contributed by atoms with Gasteiger partial charge in [0, 0.05) is 0 Å². The summed E-state index contributed by atoms with van der Waals surface area (Å²) in [5.74, 6) is -1.06. The standard InChI is InChI=1S/C7H3F3N4O2/c8-7(9,10)4-1-3(11-2-12-4)5-13-6(15)16-14-5/h1-2H,(H,13,14,15). The summed E-state index contributed by atoms with van der Waals surface area (Å²) in [5.41, 5.74) is -1.30. The summed E-state index contributed by atoms with van der Waals surface area (Å²) in [5, 5.41) is 3.21. The molecule has 0 amide bonds. The molecule has 0 aliphatic heterocycles. The second kappa shape index (κ2) is 3.43. The van der Waals surface area contributed by atoms with Crippen LogP contribution in [0.4, 0.5) is 13.2 Å². The fraction of sp³-hybridized carbons (Fsp3) is 0.143. The molecule has 0 aliphatic rings. The lowest BCUT2D eigenvalue weighted by Crippen LogP contribution is -2.08. The molecule has 2 aromatic heterocycles. The van der Waals surface area contributed by atoms with E-state index in [2.05, 4.69) is 24.6 Å². The smallest absolute Gasteiger partial charge is 0.296 e. The Bertz CT molecular complexity index is 559. The van der Waals surface area contributed by atoms with Crippen molar-refractivity contribution in [3.63, 3.8) is 0 Å². The minimum atomic E-state index is -4.58. The van der Waals surface area contributed by atoms with Gasteiger partial charge in [-0.3, -0.25) is 9.51 Å². The number of H-pyrrole nitrogens is 1. The Balaban J connectivity index is 2.48. The normalized spacial score (nSPS) is 11.7. The van der Waals surface area contributed by atoms with E-state index in [-0.39, 0.29) is 11.5 Å². The van der Waals surface area contributed by atoms with Crippen molar-refractivity contribution in [3.8, 4) is 11.5 Å². The lowest BCUT2D eigenvalue weighted by molar-refractivity contribution is -0.141. The van der Waals surface area contributed by atoms with Gasteiger partial charge in [0.1, 0.15) is 17.7 Å². The molecule has 1 N–H and O–H groups in total. The Kier molecular flexibility index (Phi) is 2.22. The first kappa shape index (κ1) is 10.3. The van der Waals surface area contributed by atoms with Crippen LogP contribution in [0, 0.1) is 0 Å². The Morgan fingerprint density at radius 2 is 2.06 bits per heavy atom. The van der Waals surface area contributed by atoms with E-state index >= 15 is 0 Å². The van der Waals surface area contributed by atoms with E-state index in [4.69, 9.17) is 0 Å². The molecule has 6 nitrogen and oxygen atoms in total. The Labute approximate surface area is 85.1 Å². The van der Waals surface area contributed by atoms with E-state index in [1.54, 1.807) is 0 Å². The fourth-order valence-electron chi connectivity index (χ4n) is 0.982. The molecule has 84 valence electrons. The Morgan fingerprint density at radius 3 is 2.62 bits per heavy atom. The van der Waals surface area contributed by atoms with Crippen LogP contribution in [0.2, 0.25) is 0 Å². The molecule has 0 unspecified atom stereocenters. The number of alkyl halides is 3. The van der Waals surface area contributed by atoms with Crippen LogP contribution in [0.25, 0.3) is 11.5 Å². The van der Waals surface area contributed by atoms with Crippen LogP contribution in [0.5, 0.6) is 0 Å². The molecule has 2 heterocycles. The molecule has 0 aliphatic carbocycles. The maximum atomic E-state index is 12.3. The number of hydrogen-bond acceptors (Lipinski definition) is 5. The van der Waals surface area contributed by atoms with E-state index < -0.39 is 17.6 Å². The zero-order chi connectivity index (χ0) is 11.8. The lowest BCUT2D eigenvalue weighted by atomic mass is 10.3. The largest absolute Gasteiger partial charge is 0.439 e. The van der Waals surface area contributed by atoms with Gasteiger partial charge in [-0.1, -0.05) is 5.16 Å². The third-order valence-electron chi connectivity index (χ3n) is 1.64. The minimum absolute atomic E-state index is 0.173. The average Bonchev–Trinajstić information content (AvgIpc) is 2.64. The van der Waals surface area contributed by atoms with Crippen molar-refractivity contribution in [3.05, 3.63) is 28.6 Å². The van der Waals surface area contributed by atoms with E-state index in [0.29, 0.717) is 6.07 Å². The van der Waals surface area contributed by atoms with Gasteiger partial charge in [-0.25, -0.2) is 14.8 Å². The van der Waals surface area contributed by atoms with Crippen molar-refractivity contribution < 1.29 is 17.7 Å². The predicted molar refractivity (Wildman–Crippen MR) is 43.2 cm³/mol. The maximum Gasteiger partial charge on any atom is 0.439 e. The van der Waals surface area contributed by atoms with E-state index in [0.717, 1.165) is 6.33 Å². The molecule has 16 heavy (non-hydrogen) atoms. The quantitative estimate of drug-likeness (QED) is 0.787. The summed E-state index contributed by atoms with van der Waals surface area (Å²) >= 11 is 0. The predicted octanol–water partition coefficient (Wildman–Crippen LogP) is 0.839. The number of aromatic amines is 1. The Hall–Kier alpha value is -2.19. The number of nitrogens with zero attached hydrogens (tertiary/aromatic N) is 3. The van der Waals surface area contributed by atoms with Crippen LogP contribution in [0.15, 0.2) is 21.7 Å². The molecule has 2 rings (SSSR count). The molecule has 0 fully saturated rings.